The summed E-state index contributed by atoms with van der Waals surface area (Å²) in [6, 6.07) is 1.99. The molecule has 102 valence electrons. The van der Waals surface area contributed by atoms with Crippen LogP contribution in [0.5, 0.6) is 0 Å². The number of allylic oxidation sites excluding steroid dienone is 1. The number of nitrogens with zero attached hydrogens (tertiary/aromatic N) is 3. The summed E-state index contributed by atoms with van der Waals surface area (Å²) >= 11 is 0. The lowest BCUT2D eigenvalue weighted by atomic mass is 10.4. The van der Waals surface area contributed by atoms with Gasteiger partial charge in [0.25, 0.3) is 0 Å². The monoisotopic (exact) mass is 363 g/mol. The molecule has 0 unspecified atom stereocenters. The first-order chi connectivity index (χ1) is 8.27. The molecule has 0 saturated carbocycles. The van der Waals surface area contributed by atoms with E-state index < -0.39 is 0 Å². The summed E-state index contributed by atoms with van der Waals surface area (Å²) in [5.41, 5.74) is 1.13. The van der Waals surface area contributed by atoms with Crippen LogP contribution in [0.3, 0.4) is 0 Å². The van der Waals surface area contributed by atoms with E-state index in [0.717, 1.165) is 31.2 Å². The first-order valence-electron chi connectivity index (χ1n) is 5.80. The molecule has 0 radical (unpaired) electrons. The van der Waals surface area contributed by atoms with Crippen LogP contribution < -0.4 is 10.6 Å². The Morgan fingerprint density at radius 1 is 1.50 bits per heavy atom. The lowest BCUT2D eigenvalue weighted by Gasteiger charge is -2.11. The zero-order valence-electron chi connectivity index (χ0n) is 11.2. The third-order valence-corrected chi connectivity index (χ3v) is 2.42. The lowest BCUT2D eigenvalue weighted by Crippen LogP contribution is -2.37. The number of aryl methyl sites for hydroxylation is 1. The largest absolute Gasteiger partial charge is 0.356 e. The maximum absolute atomic E-state index is 4.16. The summed E-state index contributed by atoms with van der Waals surface area (Å²) in [7, 11) is 3.70. The van der Waals surface area contributed by atoms with Crippen molar-refractivity contribution in [3.8, 4) is 0 Å². The van der Waals surface area contributed by atoms with Gasteiger partial charge in [0.15, 0.2) is 5.96 Å². The van der Waals surface area contributed by atoms with Gasteiger partial charge < -0.3 is 10.6 Å². The van der Waals surface area contributed by atoms with Gasteiger partial charge in [-0.1, -0.05) is 12.2 Å². The molecule has 1 aromatic heterocycles. The predicted octanol–water partition coefficient (Wildman–Crippen LogP) is 1.67. The van der Waals surface area contributed by atoms with Crippen molar-refractivity contribution in [2.75, 3.05) is 13.6 Å². The van der Waals surface area contributed by atoms with E-state index in [9.17, 15) is 0 Å². The highest BCUT2D eigenvalue weighted by molar-refractivity contribution is 14.0. The second-order valence-electron chi connectivity index (χ2n) is 3.66. The van der Waals surface area contributed by atoms with Gasteiger partial charge >= 0.3 is 0 Å². The second-order valence-corrected chi connectivity index (χ2v) is 3.66. The normalized spacial score (nSPS) is 11.4. The Labute approximate surface area is 126 Å². The molecule has 0 spiro atoms. The first-order valence-corrected chi connectivity index (χ1v) is 5.80. The Morgan fingerprint density at radius 3 is 2.83 bits per heavy atom. The van der Waals surface area contributed by atoms with E-state index >= 15 is 0 Å². The van der Waals surface area contributed by atoms with Crippen LogP contribution in [0.2, 0.25) is 0 Å². The Hall–Kier alpha value is -1.05. The fourth-order valence-electron chi connectivity index (χ4n) is 1.41. The molecule has 0 bridgehead atoms. The van der Waals surface area contributed by atoms with Crippen LogP contribution >= 0.6 is 24.0 Å². The van der Waals surface area contributed by atoms with Crippen molar-refractivity contribution in [2.45, 2.75) is 19.9 Å². The molecule has 6 heteroatoms. The number of aromatic nitrogens is 2. The van der Waals surface area contributed by atoms with Gasteiger partial charge in [-0.3, -0.25) is 9.67 Å². The van der Waals surface area contributed by atoms with Crippen molar-refractivity contribution in [1.82, 2.24) is 20.4 Å². The molecule has 0 amide bonds. The second kappa shape index (κ2) is 9.93. The summed E-state index contributed by atoms with van der Waals surface area (Å²) in [6.45, 7) is 3.63. The molecule has 18 heavy (non-hydrogen) atoms. The number of halogens is 1. The van der Waals surface area contributed by atoms with E-state index in [1.54, 1.807) is 13.2 Å². The summed E-state index contributed by atoms with van der Waals surface area (Å²) in [4.78, 5) is 4.16. The number of nitrogens with one attached hydrogen (secondary N) is 2. The Kier molecular flexibility index (Phi) is 9.35. The van der Waals surface area contributed by atoms with Crippen molar-refractivity contribution in [3.63, 3.8) is 0 Å². The van der Waals surface area contributed by atoms with E-state index in [2.05, 4.69) is 26.8 Å². The van der Waals surface area contributed by atoms with Gasteiger partial charge in [-0.05, 0) is 19.4 Å². The minimum absolute atomic E-state index is 0. The summed E-state index contributed by atoms with van der Waals surface area (Å²) in [5, 5.41) is 10.6. The topological polar surface area (TPSA) is 54.2 Å². The fraction of sp³-hybridized carbons (Fsp3) is 0.500. The van der Waals surface area contributed by atoms with Crippen LogP contribution in [0.15, 0.2) is 29.4 Å². The van der Waals surface area contributed by atoms with E-state index in [0.29, 0.717) is 0 Å². The van der Waals surface area contributed by atoms with E-state index in [-0.39, 0.29) is 24.0 Å². The van der Waals surface area contributed by atoms with Crippen molar-refractivity contribution in [3.05, 3.63) is 30.1 Å². The van der Waals surface area contributed by atoms with Crippen molar-refractivity contribution in [2.24, 2.45) is 12.0 Å². The summed E-state index contributed by atoms with van der Waals surface area (Å²) in [5.74, 6) is 0.815. The highest BCUT2D eigenvalue weighted by atomic mass is 127. The zero-order valence-corrected chi connectivity index (χ0v) is 13.5. The highest BCUT2D eigenvalue weighted by Crippen LogP contribution is 1.94. The minimum atomic E-state index is 0. The number of aliphatic imine (C=N–C) groups is 1. The molecule has 0 fully saturated rings. The molecule has 0 aromatic carbocycles. The number of hydrogen-bond donors (Lipinski definition) is 2. The number of guanidine groups is 1. The van der Waals surface area contributed by atoms with Crippen molar-refractivity contribution in [1.29, 1.82) is 0 Å². The van der Waals surface area contributed by atoms with Crippen LogP contribution in [-0.4, -0.2) is 29.3 Å². The summed E-state index contributed by atoms with van der Waals surface area (Å²) < 4.78 is 1.85. The van der Waals surface area contributed by atoms with Gasteiger partial charge in [-0.15, -0.1) is 24.0 Å². The van der Waals surface area contributed by atoms with Crippen LogP contribution in [0, 0.1) is 0 Å². The third-order valence-electron chi connectivity index (χ3n) is 2.42. The van der Waals surface area contributed by atoms with Crippen LogP contribution in [0.4, 0.5) is 0 Å². The molecular formula is C12H22IN5. The fourth-order valence-corrected chi connectivity index (χ4v) is 1.41. The maximum atomic E-state index is 4.16. The zero-order chi connectivity index (χ0) is 12.5. The van der Waals surface area contributed by atoms with Crippen molar-refractivity contribution >= 4 is 29.9 Å². The Balaban J connectivity index is 0.00000289. The lowest BCUT2D eigenvalue weighted by molar-refractivity contribution is 0.684. The average molecular weight is 363 g/mol. The van der Waals surface area contributed by atoms with Gasteiger partial charge in [0.1, 0.15) is 0 Å². The number of hydrogen-bond acceptors (Lipinski definition) is 2. The van der Waals surface area contributed by atoms with E-state index in [1.165, 1.54) is 0 Å². The van der Waals surface area contributed by atoms with Gasteiger partial charge in [-0.25, -0.2) is 0 Å². The van der Waals surface area contributed by atoms with Gasteiger partial charge in [0.05, 0.1) is 12.2 Å². The van der Waals surface area contributed by atoms with Gasteiger partial charge in [0, 0.05) is 26.8 Å². The molecule has 1 heterocycles. The SMILES string of the molecule is CC=CCCNC(=NC)NCc1ccnn1C.I. The average Bonchev–Trinajstić information content (AvgIpc) is 2.74. The molecule has 1 aromatic rings. The molecule has 0 saturated heterocycles. The molecule has 0 atom stereocenters. The van der Waals surface area contributed by atoms with Gasteiger partial charge in [-0.2, -0.15) is 5.10 Å². The van der Waals surface area contributed by atoms with Gasteiger partial charge in [0.2, 0.25) is 0 Å². The summed E-state index contributed by atoms with van der Waals surface area (Å²) in [6.07, 6.45) is 6.97. The Morgan fingerprint density at radius 2 is 2.28 bits per heavy atom. The molecular weight excluding hydrogens is 341 g/mol. The molecule has 0 aliphatic heterocycles. The van der Waals surface area contributed by atoms with Crippen LogP contribution in [0.1, 0.15) is 19.0 Å². The van der Waals surface area contributed by atoms with E-state index in [4.69, 9.17) is 0 Å². The first kappa shape index (κ1) is 16.9. The Bertz CT molecular complexity index is 384. The maximum Gasteiger partial charge on any atom is 0.191 e. The molecule has 0 aliphatic rings. The highest BCUT2D eigenvalue weighted by Gasteiger charge is 2.00. The van der Waals surface area contributed by atoms with Crippen LogP contribution in [-0.2, 0) is 13.6 Å². The minimum Gasteiger partial charge on any atom is -0.356 e. The number of rotatable bonds is 5. The quantitative estimate of drug-likeness (QED) is 0.275. The smallest absolute Gasteiger partial charge is 0.191 e. The standard InChI is InChI=1S/C12H21N5.HI/c1-4-5-6-8-14-12(13-2)15-10-11-7-9-16-17(11)3;/h4-5,7,9H,6,8,10H2,1-3H3,(H2,13,14,15);1H. The predicted molar refractivity (Wildman–Crippen MR) is 86.3 cm³/mol. The molecule has 0 aliphatic carbocycles. The molecule has 5 nitrogen and oxygen atoms in total. The van der Waals surface area contributed by atoms with E-state index in [1.807, 2.05) is 30.8 Å². The third kappa shape index (κ3) is 6.04. The molecule has 1 rings (SSSR count). The molecule has 2 N–H and O–H groups in total. The van der Waals surface area contributed by atoms with Crippen molar-refractivity contribution < 1.29 is 0 Å². The van der Waals surface area contributed by atoms with Crippen LogP contribution in [0.25, 0.3) is 0 Å².